The molecule has 9 aromatic rings. The average molecular weight is 592 g/mol. The minimum atomic E-state index is 0.657. The molecule has 2 heterocycles. The fourth-order valence-corrected chi connectivity index (χ4v) is 7.37. The normalized spacial score (nSPS) is 11.6. The van der Waals surface area contributed by atoms with E-state index in [9.17, 15) is 0 Å². The van der Waals surface area contributed by atoms with Crippen molar-refractivity contribution in [1.82, 2.24) is 15.0 Å². The molecule has 0 aliphatic rings. The maximum atomic E-state index is 5.09. The highest BCUT2D eigenvalue weighted by molar-refractivity contribution is 7.25. The Morgan fingerprint density at radius 1 is 0.333 bits per heavy atom. The maximum Gasteiger partial charge on any atom is 0.164 e. The summed E-state index contributed by atoms with van der Waals surface area (Å²) in [6, 6.07) is 53.4. The maximum absolute atomic E-state index is 5.09. The van der Waals surface area contributed by atoms with E-state index in [1.54, 1.807) is 11.3 Å². The smallest absolute Gasteiger partial charge is 0.164 e. The summed E-state index contributed by atoms with van der Waals surface area (Å²) in [7, 11) is 0. The van der Waals surface area contributed by atoms with E-state index in [0.717, 1.165) is 33.0 Å². The lowest BCUT2D eigenvalue weighted by molar-refractivity contribution is 1.08. The van der Waals surface area contributed by atoms with Crippen molar-refractivity contribution >= 4 is 53.1 Å². The second-order valence-corrected chi connectivity index (χ2v) is 12.4. The third-order valence-corrected chi connectivity index (χ3v) is 9.66. The van der Waals surface area contributed by atoms with E-state index >= 15 is 0 Å². The molecular formula is C41H25N3S. The molecule has 0 fully saturated rings. The van der Waals surface area contributed by atoms with Gasteiger partial charge in [0, 0.05) is 36.9 Å². The SMILES string of the molecule is c1ccc2cc(-c3ccc(-c4nc(-c5ccc6c(c5)sc5ccccc56)nc(-c5cccc6ccccc56)n4)cc3)ccc2c1. The summed E-state index contributed by atoms with van der Waals surface area (Å²) in [5, 5.41) is 7.29. The molecule has 7 aromatic carbocycles. The van der Waals surface area contributed by atoms with Crippen molar-refractivity contribution in [1.29, 1.82) is 0 Å². The van der Waals surface area contributed by atoms with Gasteiger partial charge in [0.05, 0.1) is 0 Å². The van der Waals surface area contributed by atoms with Crippen molar-refractivity contribution in [2.75, 3.05) is 0 Å². The van der Waals surface area contributed by atoms with Gasteiger partial charge in [-0.05, 0) is 50.9 Å². The molecule has 0 radical (unpaired) electrons. The van der Waals surface area contributed by atoms with Crippen LogP contribution in [0.2, 0.25) is 0 Å². The van der Waals surface area contributed by atoms with Crippen molar-refractivity contribution in [2.24, 2.45) is 0 Å². The number of hydrogen-bond donors (Lipinski definition) is 0. The Bertz CT molecular complexity index is 2540. The van der Waals surface area contributed by atoms with E-state index in [1.807, 2.05) is 0 Å². The summed E-state index contributed by atoms with van der Waals surface area (Å²) in [5.74, 6) is 1.99. The van der Waals surface area contributed by atoms with Crippen molar-refractivity contribution < 1.29 is 0 Å². The van der Waals surface area contributed by atoms with Crippen LogP contribution in [0.4, 0.5) is 0 Å². The first-order valence-corrected chi connectivity index (χ1v) is 15.8. The lowest BCUT2D eigenvalue weighted by Crippen LogP contribution is -2.00. The molecule has 9 rings (SSSR count). The van der Waals surface area contributed by atoms with Crippen LogP contribution in [-0.4, -0.2) is 15.0 Å². The molecule has 210 valence electrons. The lowest BCUT2D eigenvalue weighted by Gasteiger charge is -2.11. The van der Waals surface area contributed by atoms with Gasteiger partial charge in [-0.25, -0.2) is 15.0 Å². The Kier molecular flexibility index (Phi) is 6.00. The fourth-order valence-electron chi connectivity index (χ4n) is 6.22. The molecule has 3 nitrogen and oxygen atoms in total. The third kappa shape index (κ3) is 4.55. The van der Waals surface area contributed by atoms with Crippen molar-refractivity contribution in [3.63, 3.8) is 0 Å². The van der Waals surface area contributed by atoms with E-state index < -0.39 is 0 Å². The second-order valence-electron chi connectivity index (χ2n) is 11.3. The number of fused-ring (bicyclic) bond motifs is 5. The van der Waals surface area contributed by atoms with Gasteiger partial charge < -0.3 is 0 Å². The zero-order valence-corrected chi connectivity index (χ0v) is 25.0. The molecule has 0 atom stereocenters. The van der Waals surface area contributed by atoms with E-state index in [2.05, 4.69) is 152 Å². The first kappa shape index (κ1) is 25.8. The lowest BCUT2D eigenvalue weighted by atomic mass is 10.00. The predicted octanol–water partition coefficient (Wildman–Crippen LogP) is 11.2. The minimum absolute atomic E-state index is 0.657. The molecule has 0 aliphatic heterocycles. The number of hydrogen-bond acceptors (Lipinski definition) is 4. The molecule has 45 heavy (non-hydrogen) atoms. The Labute approximate surface area is 264 Å². The summed E-state index contributed by atoms with van der Waals surface area (Å²) < 4.78 is 2.51. The zero-order chi connectivity index (χ0) is 29.7. The Morgan fingerprint density at radius 3 is 1.80 bits per heavy atom. The van der Waals surface area contributed by atoms with E-state index in [1.165, 1.54) is 36.5 Å². The number of benzene rings is 7. The topological polar surface area (TPSA) is 38.7 Å². The molecule has 0 spiro atoms. The first-order chi connectivity index (χ1) is 22.3. The zero-order valence-electron chi connectivity index (χ0n) is 24.2. The second kappa shape index (κ2) is 10.5. The first-order valence-electron chi connectivity index (χ1n) is 15.0. The molecule has 0 saturated carbocycles. The largest absolute Gasteiger partial charge is 0.208 e. The molecule has 2 aromatic heterocycles. The number of aromatic nitrogens is 3. The number of thiophene rings is 1. The Hall–Kier alpha value is -5.71. The monoisotopic (exact) mass is 591 g/mol. The summed E-state index contributed by atoms with van der Waals surface area (Å²) in [6.45, 7) is 0. The van der Waals surface area contributed by atoms with Crippen molar-refractivity contribution in [2.45, 2.75) is 0 Å². The van der Waals surface area contributed by atoms with E-state index in [4.69, 9.17) is 15.0 Å². The molecule has 0 amide bonds. The van der Waals surface area contributed by atoms with Crippen LogP contribution in [0.15, 0.2) is 152 Å². The van der Waals surface area contributed by atoms with Gasteiger partial charge in [-0.1, -0.05) is 133 Å². The highest BCUT2D eigenvalue weighted by Gasteiger charge is 2.16. The van der Waals surface area contributed by atoms with Crippen LogP contribution in [0.1, 0.15) is 0 Å². The Morgan fingerprint density at radius 2 is 0.933 bits per heavy atom. The predicted molar refractivity (Wildman–Crippen MR) is 189 cm³/mol. The molecule has 0 N–H and O–H groups in total. The van der Waals surface area contributed by atoms with Gasteiger partial charge in [-0.2, -0.15) is 0 Å². The molecule has 0 saturated heterocycles. The summed E-state index contributed by atoms with van der Waals surface area (Å²) in [6.07, 6.45) is 0. The quantitative estimate of drug-likeness (QED) is 0.204. The van der Waals surface area contributed by atoms with Crippen LogP contribution in [0.25, 0.3) is 87.0 Å². The van der Waals surface area contributed by atoms with Crippen LogP contribution in [0.5, 0.6) is 0 Å². The average Bonchev–Trinajstić information content (AvgIpc) is 3.49. The van der Waals surface area contributed by atoms with Gasteiger partial charge in [-0.15, -0.1) is 11.3 Å². The fraction of sp³-hybridized carbons (Fsp3) is 0. The van der Waals surface area contributed by atoms with E-state index in [0.29, 0.717) is 17.5 Å². The van der Waals surface area contributed by atoms with Crippen LogP contribution in [0.3, 0.4) is 0 Å². The standard InChI is InChI=1S/C41H25N3S/c1-2-10-30-24-31(21-18-26(30)8-1)27-16-19-29(20-17-27)39-42-40(32-22-23-35-34-13-5-6-15-37(34)45-38(35)25-32)44-41(43-39)36-14-7-11-28-9-3-4-12-33(28)36/h1-25H. The highest BCUT2D eigenvalue weighted by atomic mass is 32.1. The molecular weight excluding hydrogens is 567 g/mol. The van der Waals surface area contributed by atoms with Gasteiger partial charge in [0.2, 0.25) is 0 Å². The molecule has 0 unspecified atom stereocenters. The van der Waals surface area contributed by atoms with Gasteiger partial charge in [0.15, 0.2) is 17.5 Å². The van der Waals surface area contributed by atoms with Crippen molar-refractivity contribution in [3.05, 3.63) is 152 Å². The molecule has 4 heteroatoms. The van der Waals surface area contributed by atoms with Crippen LogP contribution >= 0.6 is 11.3 Å². The number of rotatable bonds is 4. The van der Waals surface area contributed by atoms with Crippen LogP contribution < -0.4 is 0 Å². The highest BCUT2D eigenvalue weighted by Crippen LogP contribution is 2.37. The number of nitrogens with zero attached hydrogens (tertiary/aromatic N) is 3. The minimum Gasteiger partial charge on any atom is -0.208 e. The third-order valence-electron chi connectivity index (χ3n) is 8.53. The van der Waals surface area contributed by atoms with E-state index in [-0.39, 0.29) is 0 Å². The summed E-state index contributed by atoms with van der Waals surface area (Å²) in [4.78, 5) is 15.2. The van der Waals surface area contributed by atoms with Gasteiger partial charge in [0.1, 0.15) is 0 Å². The Balaban J connectivity index is 1.19. The van der Waals surface area contributed by atoms with Gasteiger partial charge >= 0.3 is 0 Å². The van der Waals surface area contributed by atoms with Crippen LogP contribution in [0, 0.1) is 0 Å². The summed E-state index contributed by atoms with van der Waals surface area (Å²) in [5.41, 5.74) is 5.27. The molecule has 0 bridgehead atoms. The van der Waals surface area contributed by atoms with Crippen LogP contribution in [-0.2, 0) is 0 Å². The van der Waals surface area contributed by atoms with Crippen molar-refractivity contribution in [3.8, 4) is 45.3 Å². The molecule has 0 aliphatic carbocycles. The summed E-state index contributed by atoms with van der Waals surface area (Å²) >= 11 is 1.80. The van der Waals surface area contributed by atoms with Gasteiger partial charge in [0.25, 0.3) is 0 Å². The van der Waals surface area contributed by atoms with Gasteiger partial charge in [-0.3, -0.25) is 0 Å².